The number of benzene rings is 1. The van der Waals surface area contributed by atoms with Crippen molar-refractivity contribution in [2.45, 2.75) is 63.8 Å². The van der Waals surface area contributed by atoms with E-state index in [1.807, 2.05) is 13.8 Å². The average molecular weight is 607 g/mol. The quantitative estimate of drug-likeness (QED) is 0.209. The molecule has 2 aliphatic heterocycles. The number of rotatable bonds is 14. The number of amidine groups is 1. The number of hydrogen-bond acceptors (Lipinski definition) is 12. The van der Waals surface area contributed by atoms with Crippen molar-refractivity contribution in [3.8, 4) is 11.8 Å². The van der Waals surface area contributed by atoms with Gasteiger partial charge in [0.1, 0.15) is 42.6 Å². The molecular formula is C27H36FN6O7P. The number of ether oxygens (including phenoxy) is 2. The topological polar surface area (TPSA) is 181 Å². The van der Waals surface area contributed by atoms with Crippen molar-refractivity contribution < 1.29 is 37.4 Å². The van der Waals surface area contributed by atoms with Crippen LogP contribution in [0.4, 0.5) is 4.39 Å². The standard InChI is InChI=1S/C27H36FN6O7P/c1-5-11-21-24(30)31-17-32-34(21)25-22(28)23(35)27(15-29,40-25)16-39-42(37,41-20-12-9-8-10-13-20)33-18(4)26(36)38-14-19(6-2)7-3/h5,8-13,17-19,22-23,25,35H,1,6-7,14,16H2,2-4H3,(H,33,37)(H2,30,31,32)/b21-11-/t18-,22+,23-,25+,27+,42?/m0/s1. The summed E-state index contributed by atoms with van der Waals surface area (Å²) in [6.45, 7) is 8.20. The van der Waals surface area contributed by atoms with Crippen molar-refractivity contribution in [3.05, 3.63) is 54.8 Å². The van der Waals surface area contributed by atoms with E-state index in [0.717, 1.165) is 24.2 Å². The summed E-state index contributed by atoms with van der Waals surface area (Å²) in [5.74, 6) is -0.462. The molecule has 1 unspecified atom stereocenters. The average Bonchev–Trinajstić information content (AvgIpc) is 3.23. The number of para-hydroxylation sites is 1. The number of alkyl halides is 1. The van der Waals surface area contributed by atoms with Crippen molar-refractivity contribution in [1.29, 1.82) is 5.26 Å². The van der Waals surface area contributed by atoms with E-state index in [4.69, 9.17) is 24.3 Å². The number of hydrazone groups is 1. The second-order valence-corrected chi connectivity index (χ2v) is 11.3. The zero-order valence-electron chi connectivity index (χ0n) is 23.6. The summed E-state index contributed by atoms with van der Waals surface area (Å²) >= 11 is 0. The van der Waals surface area contributed by atoms with Crippen LogP contribution in [-0.4, -0.2) is 71.6 Å². The van der Waals surface area contributed by atoms with Crippen molar-refractivity contribution in [2.24, 2.45) is 21.7 Å². The highest BCUT2D eigenvalue weighted by Gasteiger charge is 2.59. The Morgan fingerprint density at radius 2 is 2.10 bits per heavy atom. The molecule has 1 fully saturated rings. The van der Waals surface area contributed by atoms with E-state index in [0.29, 0.717) is 0 Å². The van der Waals surface area contributed by atoms with E-state index in [9.17, 15) is 19.7 Å². The van der Waals surface area contributed by atoms with Crippen LogP contribution in [0.1, 0.15) is 33.6 Å². The highest BCUT2D eigenvalue weighted by atomic mass is 31.2. The number of esters is 1. The lowest BCUT2D eigenvalue weighted by atomic mass is 9.98. The molecule has 0 bridgehead atoms. The smallest absolute Gasteiger partial charge is 0.459 e. The molecule has 0 radical (unpaired) electrons. The van der Waals surface area contributed by atoms with Crippen LogP contribution >= 0.6 is 7.75 Å². The number of nitriles is 1. The SMILES string of the molecule is C=C/C=C1/C(N)=NC=NN1[C@@H]1O[C@](C#N)(COP(=O)(N[C@@H](C)C(=O)OCC(CC)CC)Oc2ccccc2)[C@@H](O)[C@H]1F. The highest BCUT2D eigenvalue weighted by Crippen LogP contribution is 2.47. The summed E-state index contributed by atoms with van der Waals surface area (Å²) in [6.07, 6.45) is -0.455. The van der Waals surface area contributed by atoms with Gasteiger partial charge in [-0.05, 0) is 31.1 Å². The predicted octanol–water partition coefficient (Wildman–Crippen LogP) is 3.15. The van der Waals surface area contributed by atoms with Gasteiger partial charge in [0, 0.05) is 0 Å². The highest BCUT2D eigenvalue weighted by molar-refractivity contribution is 7.52. The van der Waals surface area contributed by atoms with Crippen LogP contribution in [0, 0.1) is 17.2 Å². The zero-order chi connectivity index (χ0) is 30.9. The molecule has 1 aromatic carbocycles. The Kier molecular flexibility index (Phi) is 11.4. The molecule has 15 heteroatoms. The van der Waals surface area contributed by atoms with Gasteiger partial charge in [-0.25, -0.2) is 19.0 Å². The predicted molar refractivity (Wildman–Crippen MR) is 153 cm³/mol. The first-order valence-electron chi connectivity index (χ1n) is 13.4. The van der Waals surface area contributed by atoms with E-state index in [1.54, 1.807) is 24.3 Å². The molecule has 0 spiro atoms. The van der Waals surface area contributed by atoms with Gasteiger partial charge in [0.05, 0.1) is 6.61 Å². The molecule has 4 N–H and O–H groups in total. The number of aliphatic hydroxyl groups is 1. The number of hydrogen-bond donors (Lipinski definition) is 3. The molecular weight excluding hydrogens is 570 g/mol. The summed E-state index contributed by atoms with van der Waals surface area (Å²) in [5.41, 5.74) is 3.64. The summed E-state index contributed by atoms with van der Waals surface area (Å²) in [4.78, 5) is 16.5. The van der Waals surface area contributed by atoms with Gasteiger partial charge in [0.15, 0.2) is 18.2 Å². The second kappa shape index (κ2) is 14.5. The number of nitrogens with one attached hydrogen (secondary N) is 1. The molecule has 6 atom stereocenters. The Morgan fingerprint density at radius 3 is 2.71 bits per heavy atom. The van der Waals surface area contributed by atoms with E-state index in [-0.39, 0.29) is 29.8 Å². The first kappa shape index (κ1) is 32.9. The third-order valence-corrected chi connectivity index (χ3v) is 8.33. The molecule has 0 saturated carbocycles. The molecule has 0 aromatic heterocycles. The third kappa shape index (κ3) is 7.61. The Balaban J connectivity index is 1.82. The fraction of sp³-hybridized carbons (Fsp3) is 0.481. The van der Waals surface area contributed by atoms with Gasteiger partial charge in [-0.3, -0.25) is 9.32 Å². The lowest BCUT2D eigenvalue weighted by Gasteiger charge is -2.31. The molecule has 2 aliphatic rings. The lowest BCUT2D eigenvalue weighted by Crippen LogP contribution is -2.45. The van der Waals surface area contributed by atoms with Crippen LogP contribution in [0.15, 0.2) is 64.9 Å². The van der Waals surface area contributed by atoms with Gasteiger partial charge < -0.3 is 24.8 Å². The molecule has 13 nitrogen and oxygen atoms in total. The molecule has 3 rings (SSSR count). The van der Waals surface area contributed by atoms with Crippen LogP contribution < -0.4 is 15.3 Å². The van der Waals surface area contributed by atoms with E-state index in [1.165, 1.54) is 31.2 Å². The molecule has 42 heavy (non-hydrogen) atoms. The maximum atomic E-state index is 15.5. The minimum absolute atomic E-state index is 0.0315. The Morgan fingerprint density at radius 1 is 1.40 bits per heavy atom. The minimum Gasteiger partial charge on any atom is -0.464 e. The van der Waals surface area contributed by atoms with Crippen molar-refractivity contribution in [1.82, 2.24) is 10.1 Å². The maximum absolute atomic E-state index is 15.5. The van der Waals surface area contributed by atoms with Gasteiger partial charge in [-0.15, -0.1) is 0 Å². The Bertz CT molecular complexity index is 1290. The van der Waals surface area contributed by atoms with Crippen LogP contribution in [0.3, 0.4) is 0 Å². The van der Waals surface area contributed by atoms with Gasteiger partial charge >= 0.3 is 13.7 Å². The van der Waals surface area contributed by atoms with E-state index >= 15 is 4.39 Å². The number of nitrogens with two attached hydrogens (primary N) is 1. The molecule has 0 aliphatic carbocycles. The normalized spacial score (nSPS) is 26.8. The Hall–Kier alpha value is -3.60. The summed E-state index contributed by atoms with van der Waals surface area (Å²) in [5, 5.41) is 28.3. The number of carbonyl (C=O) groups excluding carboxylic acids is 1. The minimum atomic E-state index is -4.47. The number of halogens is 1. The fourth-order valence-corrected chi connectivity index (χ4v) is 5.61. The van der Waals surface area contributed by atoms with Crippen molar-refractivity contribution >= 4 is 25.9 Å². The van der Waals surface area contributed by atoms with Crippen molar-refractivity contribution in [2.75, 3.05) is 13.2 Å². The number of nitrogens with zero attached hydrogens (tertiary/aromatic N) is 4. The third-order valence-electron chi connectivity index (χ3n) is 6.71. The van der Waals surface area contributed by atoms with E-state index < -0.39 is 50.5 Å². The van der Waals surface area contributed by atoms with Gasteiger partial charge in [-0.2, -0.15) is 15.5 Å². The molecule has 1 aromatic rings. The molecule has 1 saturated heterocycles. The second-order valence-electron chi connectivity index (χ2n) is 9.62. The molecule has 0 amide bonds. The fourth-order valence-electron chi connectivity index (χ4n) is 4.09. The lowest BCUT2D eigenvalue weighted by molar-refractivity contribution is -0.146. The van der Waals surface area contributed by atoms with Gasteiger partial charge in [0.25, 0.3) is 0 Å². The molecule has 228 valence electrons. The number of allylic oxidation sites excluding steroid dienone is 2. The zero-order valence-corrected chi connectivity index (χ0v) is 24.5. The van der Waals surface area contributed by atoms with Crippen LogP contribution in [0.5, 0.6) is 5.75 Å². The Labute approximate surface area is 244 Å². The number of aliphatic imine (C=N–C) groups is 1. The summed E-state index contributed by atoms with van der Waals surface area (Å²) in [7, 11) is -4.47. The van der Waals surface area contributed by atoms with Crippen LogP contribution in [0.25, 0.3) is 0 Å². The van der Waals surface area contributed by atoms with Crippen molar-refractivity contribution in [3.63, 3.8) is 0 Å². The first-order valence-corrected chi connectivity index (χ1v) is 14.9. The van der Waals surface area contributed by atoms with Crippen LogP contribution in [-0.2, 0) is 23.4 Å². The number of aliphatic hydroxyl groups excluding tert-OH is 1. The first-order chi connectivity index (χ1) is 20.0. The van der Waals surface area contributed by atoms with E-state index in [2.05, 4.69) is 21.8 Å². The maximum Gasteiger partial charge on any atom is 0.459 e. The largest absolute Gasteiger partial charge is 0.464 e. The van der Waals surface area contributed by atoms with Crippen LogP contribution in [0.2, 0.25) is 0 Å². The molecule has 2 heterocycles. The van der Waals surface area contributed by atoms with Gasteiger partial charge in [-0.1, -0.05) is 57.5 Å². The summed E-state index contributed by atoms with van der Waals surface area (Å²) in [6, 6.07) is 8.50. The summed E-state index contributed by atoms with van der Waals surface area (Å²) < 4.78 is 51.6. The van der Waals surface area contributed by atoms with Gasteiger partial charge in [0.2, 0.25) is 5.60 Å². The number of carbonyl (C=O) groups is 1. The monoisotopic (exact) mass is 606 g/mol.